The topological polar surface area (TPSA) is 29.0 Å². The predicted octanol–water partition coefficient (Wildman–Crippen LogP) is 2.70. The van der Waals surface area contributed by atoms with Crippen LogP contribution in [-0.4, -0.2) is 22.1 Å². The minimum atomic E-state index is 0.666. The lowest BCUT2D eigenvalue weighted by molar-refractivity contribution is 0.536. The average Bonchev–Trinajstić information content (AvgIpc) is 3.17. The lowest BCUT2D eigenvalue weighted by Crippen LogP contribution is -2.41. The summed E-state index contributed by atoms with van der Waals surface area (Å²) in [4.78, 5) is 11.3. The van der Waals surface area contributed by atoms with E-state index in [0.717, 1.165) is 5.95 Å². The van der Waals surface area contributed by atoms with E-state index in [-0.39, 0.29) is 0 Å². The van der Waals surface area contributed by atoms with Gasteiger partial charge in [-0.05, 0) is 44.6 Å². The van der Waals surface area contributed by atoms with Gasteiger partial charge in [-0.15, -0.1) is 0 Å². The van der Waals surface area contributed by atoms with Crippen LogP contribution < -0.4 is 4.90 Å². The first-order valence-corrected chi connectivity index (χ1v) is 6.67. The molecule has 0 radical (unpaired) electrons. The van der Waals surface area contributed by atoms with Gasteiger partial charge >= 0.3 is 0 Å². The SMILES string of the molecule is c1cnc(N2C3CCC2CC(=C2CC2)C3)nc1. The molecule has 3 fully saturated rings. The minimum absolute atomic E-state index is 0.666. The molecule has 17 heavy (non-hydrogen) atoms. The Hall–Kier alpha value is -1.38. The van der Waals surface area contributed by atoms with Gasteiger partial charge in [0.15, 0.2) is 0 Å². The Kier molecular flexibility index (Phi) is 2.01. The van der Waals surface area contributed by atoms with Crippen molar-refractivity contribution in [1.82, 2.24) is 9.97 Å². The van der Waals surface area contributed by atoms with Gasteiger partial charge in [0.25, 0.3) is 0 Å². The first-order valence-electron chi connectivity index (χ1n) is 6.67. The Bertz CT molecular complexity index is 444. The Morgan fingerprint density at radius 2 is 1.59 bits per heavy atom. The van der Waals surface area contributed by atoms with Crippen LogP contribution in [0.1, 0.15) is 38.5 Å². The molecule has 3 aliphatic rings. The fourth-order valence-corrected chi connectivity index (χ4v) is 3.47. The summed E-state index contributed by atoms with van der Waals surface area (Å²) in [5, 5.41) is 0. The van der Waals surface area contributed by atoms with Gasteiger partial charge in [0.2, 0.25) is 5.95 Å². The summed E-state index contributed by atoms with van der Waals surface area (Å²) in [6.07, 6.45) is 11.6. The molecule has 2 aliphatic heterocycles. The van der Waals surface area contributed by atoms with Crippen LogP contribution in [0.4, 0.5) is 5.95 Å². The lowest BCUT2D eigenvalue weighted by Gasteiger charge is -2.36. The quantitative estimate of drug-likeness (QED) is 0.691. The summed E-state index contributed by atoms with van der Waals surface area (Å²) >= 11 is 0. The molecule has 0 spiro atoms. The van der Waals surface area contributed by atoms with Crippen LogP contribution in [0.2, 0.25) is 0 Å². The molecule has 3 heterocycles. The molecule has 88 valence electrons. The Balaban J connectivity index is 1.65. The first-order chi connectivity index (χ1) is 8.42. The monoisotopic (exact) mass is 227 g/mol. The molecule has 2 atom stereocenters. The van der Waals surface area contributed by atoms with Gasteiger partial charge in [-0.2, -0.15) is 0 Å². The van der Waals surface area contributed by atoms with Crippen molar-refractivity contribution in [3.05, 3.63) is 29.6 Å². The molecule has 1 aliphatic carbocycles. The fourth-order valence-electron chi connectivity index (χ4n) is 3.47. The number of hydrogen-bond donors (Lipinski definition) is 0. The van der Waals surface area contributed by atoms with Gasteiger partial charge in [-0.1, -0.05) is 11.1 Å². The molecule has 0 N–H and O–H groups in total. The van der Waals surface area contributed by atoms with E-state index in [1.165, 1.54) is 38.5 Å². The number of fused-ring (bicyclic) bond motifs is 2. The van der Waals surface area contributed by atoms with Gasteiger partial charge in [0, 0.05) is 24.5 Å². The van der Waals surface area contributed by atoms with E-state index in [9.17, 15) is 0 Å². The summed E-state index contributed by atoms with van der Waals surface area (Å²) < 4.78 is 0. The third-order valence-corrected chi connectivity index (χ3v) is 4.37. The van der Waals surface area contributed by atoms with E-state index in [1.807, 2.05) is 18.5 Å². The molecule has 2 unspecified atom stereocenters. The van der Waals surface area contributed by atoms with Gasteiger partial charge < -0.3 is 4.90 Å². The smallest absolute Gasteiger partial charge is 0.225 e. The van der Waals surface area contributed by atoms with E-state index in [1.54, 1.807) is 11.1 Å². The second-order valence-electron chi connectivity index (χ2n) is 5.46. The van der Waals surface area contributed by atoms with Crippen molar-refractivity contribution in [3.8, 4) is 0 Å². The van der Waals surface area contributed by atoms with Crippen molar-refractivity contribution in [2.75, 3.05) is 4.90 Å². The number of rotatable bonds is 1. The van der Waals surface area contributed by atoms with Crippen molar-refractivity contribution in [1.29, 1.82) is 0 Å². The molecule has 1 aromatic rings. The number of allylic oxidation sites excluding steroid dienone is 1. The lowest BCUT2D eigenvalue weighted by atomic mass is 9.96. The molecule has 1 saturated carbocycles. The minimum Gasteiger partial charge on any atom is -0.334 e. The van der Waals surface area contributed by atoms with E-state index in [4.69, 9.17) is 0 Å². The molecular weight excluding hydrogens is 210 g/mol. The standard InChI is InChI=1S/C14H17N3/c1-6-15-14(16-7-1)17-12-4-5-13(17)9-11(8-12)10-2-3-10/h1,6-7,12-13H,2-5,8-9H2. The van der Waals surface area contributed by atoms with E-state index in [2.05, 4.69) is 14.9 Å². The van der Waals surface area contributed by atoms with Gasteiger partial charge in [-0.25, -0.2) is 9.97 Å². The predicted molar refractivity (Wildman–Crippen MR) is 66.8 cm³/mol. The van der Waals surface area contributed by atoms with Crippen molar-refractivity contribution in [2.45, 2.75) is 50.6 Å². The number of aromatic nitrogens is 2. The molecule has 0 amide bonds. The summed E-state index contributed by atoms with van der Waals surface area (Å²) in [6.45, 7) is 0. The van der Waals surface area contributed by atoms with Crippen LogP contribution in [-0.2, 0) is 0 Å². The molecule has 2 bridgehead atoms. The molecular formula is C14H17N3. The van der Waals surface area contributed by atoms with Crippen LogP contribution in [0.5, 0.6) is 0 Å². The van der Waals surface area contributed by atoms with Crippen molar-refractivity contribution >= 4 is 5.95 Å². The van der Waals surface area contributed by atoms with Crippen LogP contribution >= 0.6 is 0 Å². The van der Waals surface area contributed by atoms with Gasteiger partial charge in [0.1, 0.15) is 0 Å². The summed E-state index contributed by atoms with van der Waals surface area (Å²) in [7, 11) is 0. The largest absolute Gasteiger partial charge is 0.334 e. The highest BCUT2D eigenvalue weighted by Crippen LogP contribution is 2.45. The Labute approximate surface area is 102 Å². The molecule has 1 aromatic heterocycles. The zero-order valence-electron chi connectivity index (χ0n) is 9.97. The second kappa shape index (κ2) is 3.56. The van der Waals surface area contributed by atoms with Crippen LogP contribution in [0.3, 0.4) is 0 Å². The van der Waals surface area contributed by atoms with Crippen LogP contribution in [0.25, 0.3) is 0 Å². The highest BCUT2D eigenvalue weighted by Gasteiger charge is 2.41. The molecule has 3 nitrogen and oxygen atoms in total. The van der Waals surface area contributed by atoms with E-state index < -0.39 is 0 Å². The van der Waals surface area contributed by atoms with E-state index >= 15 is 0 Å². The second-order valence-corrected chi connectivity index (χ2v) is 5.46. The molecule has 0 aromatic carbocycles. The number of hydrogen-bond acceptors (Lipinski definition) is 3. The van der Waals surface area contributed by atoms with Crippen molar-refractivity contribution in [3.63, 3.8) is 0 Å². The molecule has 4 rings (SSSR count). The zero-order chi connectivity index (χ0) is 11.2. The highest BCUT2D eigenvalue weighted by molar-refractivity contribution is 5.42. The van der Waals surface area contributed by atoms with Gasteiger partial charge in [-0.3, -0.25) is 0 Å². The van der Waals surface area contributed by atoms with Crippen LogP contribution in [0.15, 0.2) is 29.6 Å². The normalized spacial score (nSPS) is 30.9. The average molecular weight is 227 g/mol. The number of nitrogens with zero attached hydrogens (tertiary/aromatic N) is 3. The maximum absolute atomic E-state index is 4.43. The summed E-state index contributed by atoms with van der Waals surface area (Å²) in [6, 6.07) is 3.23. The number of anilines is 1. The molecule has 2 saturated heterocycles. The Morgan fingerprint density at radius 3 is 2.18 bits per heavy atom. The summed E-state index contributed by atoms with van der Waals surface area (Å²) in [5.41, 5.74) is 3.53. The van der Waals surface area contributed by atoms with Crippen LogP contribution in [0, 0.1) is 0 Å². The third-order valence-electron chi connectivity index (χ3n) is 4.37. The van der Waals surface area contributed by atoms with E-state index in [0.29, 0.717) is 12.1 Å². The summed E-state index contributed by atoms with van der Waals surface area (Å²) in [5.74, 6) is 0.944. The van der Waals surface area contributed by atoms with Gasteiger partial charge in [0.05, 0.1) is 0 Å². The third kappa shape index (κ3) is 1.56. The van der Waals surface area contributed by atoms with Crippen molar-refractivity contribution in [2.24, 2.45) is 0 Å². The Morgan fingerprint density at radius 1 is 0.941 bits per heavy atom. The first kappa shape index (κ1) is 9.63. The maximum Gasteiger partial charge on any atom is 0.225 e. The highest BCUT2D eigenvalue weighted by atomic mass is 15.3. The fraction of sp³-hybridized carbons (Fsp3) is 0.571. The van der Waals surface area contributed by atoms with Crippen molar-refractivity contribution < 1.29 is 0 Å². The maximum atomic E-state index is 4.43. The molecule has 3 heteroatoms. The zero-order valence-corrected chi connectivity index (χ0v) is 9.97. The number of piperidine rings is 1.